The Bertz CT molecular complexity index is 1060. The van der Waals surface area contributed by atoms with Crippen LogP contribution in [0.3, 0.4) is 0 Å². The topological polar surface area (TPSA) is 78.4 Å². The van der Waals surface area contributed by atoms with Gasteiger partial charge in [-0.25, -0.2) is 9.37 Å². The molecule has 138 valence electrons. The number of alkyl halides is 3. The molecule has 5 nitrogen and oxygen atoms in total. The lowest BCUT2D eigenvalue weighted by Gasteiger charge is -2.27. The number of oxazole rings is 1. The molecular weight excluding hydrogens is 368 g/mol. The highest BCUT2D eigenvalue weighted by molar-refractivity contribution is 5.91. The number of nitrogens with two attached hydrogens (primary N) is 1. The van der Waals surface area contributed by atoms with Crippen molar-refractivity contribution in [1.82, 2.24) is 4.98 Å². The Morgan fingerprint density at radius 3 is 2.56 bits per heavy atom. The van der Waals surface area contributed by atoms with Gasteiger partial charge in [0, 0.05) is 22.8 Å². The lowest BCUT2D eigenvalue weighted by Crippen LogP contribution is -2.26. The maximum Gasteiger partial charge on any atom is 0.451 e. The van der Waals surface area contributed by atoms with E-state index < -0.39 is 35.5 Å². The van der Waals surface area contributed by atoms with Crippen molar-refractivity contribution in [3.8, 4) is 23.0 Å². The van der Waals surface area contributed by atoms with Crippen molar-refractivity contribution < 1.29 is 31.5 Å². The fourth-order valence-electron chi connectivity index (χ4n) is 3.06. The van der Waals surface area contributed by atoms with Gasteiger partial charge in [0.15, 0.2) is 0 Å². The van der Waals surface area contributed by atoms with E-state index in [0.29, 0.717) is 17.5 Å². The monoisotopic (exact) mass is 378 g/mol. The number of halogens is 4. The lowest BCUT2D eigenvalue weighted by molar-refractivity contribution is -0.152. The highest BCUT2D eigenvalue weighted by Gasteiger charge is 2.38. The maximum atomic E-state index is 14.1. The van der Waals surface area contributed by atoms with Gasteiger partial charge in [0.2, 0.25) is 17.6 Å². The van der Waals surface area contributed by atoms with E-state index >= 15 is 0 Å². The number of hydrogen-bond acceptors (Lipinski definition) is 4. The number of hydrogen-bond donors (Lipinski definition) is 1. The van der Waals surface area contributed by atoms with Crippen LogP contribution in [0.15, 0.2) is 47.0 Å². The summed E-state index contributed by atoms with van der Waals surface area (Å²) in [7, 11) is 0. The Morgan fingerprint density at radius 1 is 1.15 bits per heavy atom. The molecule has 2 N–H and O–H groups in total. The molecule has 0 radical (unpaired) electrons. The molecule has 1 atom stereocenters. The molecule has 9 heteroatoms. The average molecular weight is 378 g/mol. The molecule has 3 aromatic rings. The number of ether oxygens (including phenoxy) is 1. The molecule has 4 rings (SSSR count). The molecule has 2 aromatic carbocycles. The van der Waals surface area contributed by atoms with Gasteiger partial charge in [-0.15, -0.1) is 0 Å². The van der Waals surface area contributed by atoms with Crippen LogP contribution in [0.25, 0.3) is 11.5 Å². The number of amides is 1. The van der Waals surface area contributed by atoms with Crippen molar-refractivity contribution in [2.75, 3.05) is 0 Å². The quantitative estimate of drug-likeness (QED) is 0.677. The molecular formula is C18H10F4N2O3. The highest BCUT2D eigenvalue weighted by atomic mass is 19.4. The molecule has 0 bridgehead atoms. The third-order valence-corrected chi connectivity index (χ3v) is 4.15. The summed E-state index contributed by atoms with van der Waals surface area (Å²) in [6, 6.07) is 8.44. The van der Waals surface area contributed by atoms with Crippen LogP contribution in [0.4, 0.5) is 17.6 Å². The van der Waals surface area contributed by atoms with Crippen LogP contribution in [0.5, 0.6) is 11.5 Å². The van der Waals surface area contributed by atoms with E-state index in [1.165, 1.54) is 0 Å². The Balaban J connectivity index is 1.96. The van der Waals surface area contributed by atoms with E-state index in [1.807, 2.05) is 0 Å². The fraction of sp³-hybridized carbons (Fsp3) is 0.111. The lowest BCUT2D eigenvalue weighted by atomic mass is 9.84. The van der Waals surface area contributed by atoms with Crippen LogP contribution in [0.2, 0.25) is 0 Å². The summed E-state index contributed by atoms with van der Waals surface area (Å²) in [5, 5.41) is 0. The van der Waals surface area contributed by atoms with Crippen molar-refractivity contribution in [3.63, 3.8) is 0 Å². The van der Waals surface area contributed by atoms with E-state index in [-0.39, 0.29) is 16.9 Å². The molecule has 1 unspecified atom stereocenters. The number of benzene rings is 2. The minimum Gasteiger partial charge on any atom is -0.457 e. The molecule has 0 saturated heterocycles. The van der Waals surface area contributed by atoms with Gasteiger partial charge >= 0.3 is 6.18 Å². The average Bonchev–Trinajstić information content (AvgIpc) is 3.09. The van der Waals surface area contributed by atoms with E-state index in [4.69, 9.17) is 14.9 Å². The van der Waals surface area contributed by atoms with Gasteiger partial charge in [0.25, 0.3) is 0 Å². The Morgan fingerprint density at radius 2 is 1.89 bits per heavy atom. The Labute approximate surface area is 149 Å². The zero-order valence-corrected chi connectivity index (χ0v) is 13.4. The van der Waals surface area contributed by atoms with Crippen molar-refractivity contribution in [2.24, 2.45) is 5.73 Å². The Hall–Kier alpha value is -3.36. The summed E-state index contributed by atoms with van der Waals surface area (Å²) < 4.78 is 63.0. The molecule has 1 aromatic heterocycles. The van der Waals surface area contributed by atoms with Crippen LogP contribution in [-0.2, 0) is 11.0 Å². The predicted molar refractivity (Wildman–Crippen MR) is 84.5 cm³/mol. The minimum atomic E-state index is -4.76. The van der Waals surface area contributed by atoms with Gasteiger partial charge in [-0.3, -0.25) is 4.79 Å². The van der Waals surface area contributed by atoms with Crippen LogP contribution >= 0.6 is 0 Å². The fourth-order valence-corrected chi connectivity index (χ4v) is 3.06. The van der Waals surface area contributed by atoms with Crippen LogP contribution < -0.4 is 10.5 Å². The number of rotatable bonds is 2. The first-order valence-electron chi connectivity index (χ1n) is 7.68. The molecule has 27 heavy (non-hydrogen) atoms. The summed E-state index contributed by atoms with van der Waals surface area (Å²) in [4.78, 5) is 15.7. The summed E-state index contributed by atoms with van der Waals surface area (Å²) in [6.07, 6.45) is -4.27. The van der Waals surface area contributed by atoms with Gasteiger partial charge < -0.3 is 14.9 Å². The maximum absolute atomic E-state index is 14.1. The second kappa shape index (κ2) is 5.83. The van der Waals surface area contributed by atoms with E-state index in [9.17, 15) is 22.4 Å². The smallest absolute Gasteiger partial charge is 0.451 e. The molecule has 1 aliphatic heterocycles. The molecule has 2 heterocycles. The van der Waals surface area contributed by atoms with Crippen molar-refractivity contribution in [1.29, 1.82) is 0 Å². The minimum absolute atomic E-state index is 0.0424. The standard InChI is InChI=1S/C18H10F4N2O3/c19-8-5-10(17-24-7-13(27-17)18(20,21)22)14-12(6-8)26-11-4-2-1-3-9(11)15(14)16(23)25/h1-7,15H,(H2,23,25). The molecule has 1 amide bonds. The molecule has 1 aliphatic rings. The van der Waals surface area contributed by atoms with Gasteiger partial charge in [-0.05, 0) is 12.1 Å². The zero-order chi connectivity index (χ0) is 19.3. The predicted octanol–water partition coefficient (Wildman–Crippen LogP) is 4.22. The normalized spacial score (nSPS) is 15.6. The second-order valence-corrected chi connectivity index (χ2v) is 5.87. The number of para-hydroxylation sites is 1. The van der Waals surface area contributed by atoms with Gasteiger partial charge in [-0.1, -0.05) is 18.2 Å². The summed E-state index contributed by atoms with van der Waals surface area (Å²) in [6.45, 7) is 0. The van der Waals surface area contributed by atoms with Crippen LogP contribution in [0, 0.1) is 5.82 Å². The molecule has 0 fully saturated rings. The number of aromatic nitrogens is 1. The largest absolute Gasteiger partial charge is 0.457 e. The van der Waals surface area contributed by atoms with E-state index in [1.54, 1.807) is 24.3 Å². The molecule has 0 saturated carbocycles. The second-order valence-electron chi connectivity index (χ2n) is 5.87. The van der Waals surface area contributed by atoms with Crippen LogP contribution in [0.1, 0.15) is 22.8 Å². The summed E-state index contributed by atoms with van der Waals surface area (Å²) in [5.74, 6) is -4.22. The third-order valence-electron chi connectivity index (χ3n) is 4.15. The number of primary amides is 1. The first-order valence-corrected chi connectivity index (χ1v) is 7.68. The summed E-state index contributed by atoms with van der Waals surface area (Å²) in [5.41, 5.74) is 5.90. The zero-order valence-electron chi connectivity index (χ0n) is 13.4. The number of fused-ring (bicyclic) bond motifs is 2. The highest BCUT2D eigenvalue weighted by Crippen LogP contribution is 2.48. The van der Waals surface area contributed by atoms with Crippen LogP contribution in [-0.4, -0.2) is 10.9 Å². The number of carbonyl (C=O) groups is 1. The van der Waals surface area contributed by atoms with Gasteiger partial charge in [0.05, 0.1) is 12.1 Å². The third kappa shape index (κ3) is 2.80. The van der Waals surface area contributed by atoms with Crippen molar-refractivity contribution in [3.05, 3.63) is 65.3 Å². The van der Waals surface area contributed by atoms with Gasteiger partial charge in [-0.2, -0.15) is 13.2 Å². The van der Waals surface area contributed by atoms with Crippen molar-refractivity contribution >= 4 is 5.91 Å². The molecule has 0 spiro atoms. The number of nitrogens with zero attached hydrogens (tertiary/aromatic N) is 1. The summed E-state index contributed by atoms with van der Waals surface area (Å²) >= 11 is 0. The van der Waals surface area contributed by atoms with Crippen molar-refractivity contribution in [2.45, 2.75) is 12.1 Å². The molecule has 0 aliphatic carbocycles. The van der Waals surface area contributed by atoms with Gasteiger partial charge in [0.1, 0.15) is 17.3 Å². The van der Waals surface area contributed by atoms with E-state index in [0.717, 1.165) is 12.1 Å². The first kappa shape index (κ1) is 17.1. The van der Waals surface area contributed by atoms with E-state index in [2.05, 4.69) is 4.98 Å². The number of carbonyl (C=O) groups excluding carboxylic acids is 1. The first-order chi connectivity index (χ1) is 12.8. The SMILES string of the molecule is NC(=O)C1c2ccccc2Oc2cc(F)cc(-c3ncc(C(F)(F)F)o3)c21. The Kier molecular flexibility index (Phi) is 3.69.